The van der Waals surface area contributed by atoms with Crippen molar-refractivity contribution in [1.29, 1.82) is 0 Å². The van der Waals surface area contributed by atoms with Gasteiger partial charge in [0.2, 0.25) is 5.88 Å². The van der Waals surface area contributed by atoms with Gasteiger partial charge in [0, 0.05) is 55.2 Å². The average molecular weight is 591 g/mol. The van der Waals surface area contributed by atoms with E-state index < -0.39 is 11.9 Å². The molecule has 0 aromatic carbocycles. The molecule has 3 aromatic rings. The molecule has 0 saturated heterocycles. The topological polar surface area (TPSA) is 103 Å². The standard InChI is InChI=1S/C31H33F3N8O/c1-12(2)42-9-16(31(32,33)34)40-28(42)30-21-18-22(30)20-23(30)19(21)29(18,20)10-36-25-14-8-35-7-6-15(14)39-26(41-25)17-24(13-4-5-13)37-11-38-27(17)43-3/h9,11-13,18-23,35H,4-8,10H2,1-3H3,(H,36,39,41). The van der Waals surface area contributed by atoms with Gasteiger partial charge >= 0.3 is 6.18 Å². The van der Waals surface area contributed by atoms with Crippen molar-refractivity contribution in [2.75, 3.05) is 25.5 Å². The van der Waals surface area contributed by atoms with Gasteiger partial charge in [0.15, 0.2) is 11.5 Å². The molecule has 0 atom stereocenters. The van der Waals surface area contributed by atoms with Crippen LogP contribution in [-0.2, 0) is 24.6 Å². The van der Waals surface area contributed by atoms with E-state index >= 15 is 0 Å². The summed E-state index contributed by atoms with van der Waals surface area (Å²) in [6.45, 7) is 6.34. The van der Waals surface area contributed by atoms with Gasteiger partial charge in [-0.15, -0.1) is 0 Å². The number of methoxy groups -OCH3 is 1. The number of nitrogens with zero attached hydrogens (tertiary/aromatic N) is 6. The molecule has 0 unspecified atom stereocenters. The predicted octanol–water partition coefficient (Wildman–Crippen LogP) is 4.36. The molecule has 7 saturated carbocycles. The van der Waals surface area contributed by atoms with Crippen LogP contribution in [0.4, 0.5) is 19.0 Å². The zero-order chi connectivity index (χ0) is 29.2. The summed E-state index contributed by atoms with van der Waals surface area (Å²) in [5.41, 5.74) is 3.31. The molecule has 2 N–H and O–H groups in total. The Balaban J connectivity index is 0.952. The van der Waals surface area contributed by atoms with Gasteiger partial charge in [0.25, 0.3) is 0 Å². The van der Waals surface area contributed by atoms with E-state index in [4.69, 9.17) is 14.7 Å². The van der Waals surface area contributed by atoms with Crippen LogP contribution in [0.1, 0.15) is 67.1 Å². The molecule has 8 aliphatic rings. The van der Waals surface area contributed by atoms with Gasteiger partial charge in [-0.3, -0.25) is 0 Å². The molecule has 3 aromatic heterocycles. The van der Waals surface area contributed by atoms with Gasteiger partial charge in [-0.25, -0.2) is 24.9 Å². The minimum absolute atomic E-state index is 0.0457. The van der Waals surface area contributed by atoms with Crippen LogP contribution in [0.3, 0.4) is 0 Å². The molecule has 224 valence electrons. The van der Waals surface area contributed by atoms with Crippen LogP contribution in [0.5, 0.6) is 5.88 Å². The molecule has 4 heterocycles. The summed E-state index contributed by atoms with van der Waals surface area (Å²) in [5.74, 6) is 6.23. The van der Waals surface area contributed by atoms with Crippen LogP contribution in [0.15, 0.2) is 12.5 Å². The van der Waals surface area contributed by atoms with Crippen LogP contribution < -0.4 is 15.4 Å². The Morgan fingerprint density at radius 1 is 1.07 bits per heavy atom. The van der Waals surface area contributed by atoms with E-state index in [2.05, 4.69) is 25.6 Å². The molecule has 0 spiro atoms. The normalized spacial score (nSPS) is 36.9. The fraction of sp³-hybridized carbons (Fsp3) is 0.645. The molecule has 1 aliphatic heterocycles. The van der Waals surface area contributed by atoms with Gasteiger partial charge in [0.1, 0.15) is 23.5 Å². The Morgan fingerprint density at radius 3 is 2.47 bits per heavy atom. The van der Waals surface area contributed by atoms with Gasteiger partial charge < -0.3 is 19.9 Å². The zero-order valence-electron chi connectivity index (χ0n) is 24.2. The maximum atomic E-state index is 13.6. The largest absolute Gasteiger partial charge is 0.480 e. The quantitative estimate of drug-likeness (QED) is 0.399. The molecule has 7 aliphatic carbocycles. The molecule has 11 rings (SSSR count). The number of hydrogen-bond donors (Lipinski definition) is 2. The minimum Gasteiger partial charge on any atom is -0.480 e. The lowest BCUT2D eigenvalue weighted by Crippen LogP contribution is -3.12. The number of anilines is 1. The lowest BCUT2D eigenvalue weighted by atomic mass is 8.92. The van der Waals surface area contributed by atoms with Gasteiger partial charge in [-0.1, -0.05) is 0 Å². The summed E-state index contributed by atoms with van der Waals surface area (Å²) < 4.78 is 48.4. The number of alkyl halides is 3. The van der Waals surface area contributed by atoms with Crippen LogP contribution in [-0.4, -0.2) is 49.7 Å². The summed E-state index contributed by atoms with van der Waals surface area (Å²) in [7, 11) is 1.63. The van der Waals surface area contributed by atoms with E-state index in [-0.39, 0.29) is 16.9 Å². The number of fused-ring (bicyclic) bond motifs is 1. The van der Waals surface area contributed by atoms with Crippen molar-refractivity contribution < 1.29 is 17.9 Å². The number of rotatable bonds is 8. The fourth-order valence-electron chi connectivity index (χ4n) is 11.0. The second kappa shape index (κ2) is 7.68. The first-order valence-electron chi connectivity index (χ1n) is 15.6. The van der Waals surface area contributed by atoms with Gasteiger partial charge in [-0.2, -0.15) is 13.2 Å². The number of halogens is 3. The second-order valence-corrected chi connectivity index (χ2v) is 14.2. The minimum atomic E-state index is -4.42. The van der Waals surface area contributed by atoms with Crippen molar-refractivity contribution in [2.24, 2.45) is 40.9 Å². The maximum absolute atomic E-state index is 13.6. The molecular weight excluding hydrogens is 557 g/mol. The lowest BCUT2D eigenvalue weighted by molar-refractivity contribution is -0.626. The summed E-state index contributed by atoms with van der Waals surface area (Å²) in [6, 6.07) is -0.0457. The Kier molecular flexibility index (Phi) is 4.48. The molecule has 0 radical (unpaired) electrons. The van der Waals surface area contributed by atoms with Crippen LogP contribution in [0.25, 0.3) is 11.4 Å². The second-order valence-electron chi connectivity index (χ2n) is 14.2. The summed E-state index contributed by atoms with van der Waals surface area (Å²) >= 11 is 0. The third-order valence-corrected chi connectivity index (χ3v) is 12.5. The maximum Gasteiger partial charge on any atom is 0.434 e. The highest BCUT2D eigenvalue weighted by Crippen LogP contribution is 3.09. The number of hydrogen-bond acceptors (Lipinski definition) is 8. The monoisotopic (exact) mass is 590 g/mol. The van der Waals surface area contributed by atoms with Gasteiger partial charge in [0.05, 0.1) is 18.5 Å². The molecule has 12 heteroatoms. The highest BCUT2D eigenvalue weighted by molar-refractivity contribution is 5.69. The molecule has 9 nitrogen and oxygen atoms in total. The number of nitrogens with one attached hydrogen (secondary N) is 2. The highest BCUT2D eigenvalue weighted by atomic mass is 19.4. The Hall–Kier alpha value is -3.28. The Morgan fingerprint density at radius 2 is 1.81 bits per heavy atom. The first kappa shape index (κ1) is 25.1. The smallest absolute Gasteiger partial charge is 0.434 e. The molecule has 43 heavy (non-hydrogen) atoms. The predicted molar refractivity (Wildman–Crippen MR) is 148 cm³/mol. The van der Waals surface area contributed by atoms with Crippen molar-refractivity contribution in [3.8, 4) is 17.3 Å². The number of imidazole rings is 1. The van der Waals surface area contributed by atoms with Crippen LogP contribution >= 0.6 is 0 Å². The van der Waals surface area contributed by atoms with Gasteiger partial charge in [-0.05, 0) is 67.6 Å². The number of ether oxygens (including phenoxy) is 1. The number of aromatic nitrogens is 6. The van der Waals surface area contributed by atoms with Crippen molar-refractivity contribution in [1.82, 2.24) is 34.8 Å². The SMILES string of the molecule is COc1ncnc(C2CC2)c1-c1nc2c(c(NCC34C5C6C3C3C4C5C63c3nc(C(F)(F)F)cn3C(C)C)n1)CNCC2. The third kappa shape index (κ3) is 2.64. The van der Waals surface area contributed by atoms with Crippen LogP contribution in [0.2, 0.25) is 0 Å². The van der Waals surface area contributed by atoms with E-state index in [9.17, 15) is 13.2 Å². The molecule has 0 amide bonds. The van der Waals surface area contributed by atoms with Crippen molar-refractivity contribution in [3.05, 3.63) is 41.0 Å². The first-order chi connectivity index (χ1) is 20.7. The van der Waals surface area contributed by atoms with E-state index in [1.54, 1.807) is 13.4 Å². The van der Waals surface area contributed by atoms with Crippen LogP contribution in [0, 0.1) is 40.9 Å². The summed E-state index contributed by atoms with van der Waals surface area (Å²) in [4.78, 5) is 23.4. The van der Waals surface area contributed by atoms with E-state index in [0.29, 0.717) is 59.0 Å². The Labute approximate surface area is 246 Å². The molecule has 7 fully saturated rings. The molecule has 0 bridgehead atoms. The third-order valence-electron chi connectivity index (χ3n) is 12.5. The summed E-state index contributed by atoms with van der Waals surface area (Å²) in [6.07, 6.45) is 1.40. The fourth-order valence-corrected chi connectivity index (χ4v) is 11.0. The average Bonchev–Trinajstić information content (AvgIpc) is 3.75. The molecular formula is C31H33F3N8O. The summed E-state index contributed by atoms with van der Waals surface area (Å²) in [5, 5.41) is 7.26. The first-order valence-corrected chi connectivity index (χ1v) is 15.6. The van der Waals surface area contributed by atoms with Crippen molar-refractivity contribution in [2.45, 2.75) is 63.2 Å². The Bertz CT molecular complexity index is 1670. The van der Waals surface area contributed by atoms with E-state index in [1.165, 1.54) is 6.20 Å². The zero-order valence-corrected chi connectivity index (χ0v) is 24.2. The van der Waals surface area contributed by atoms with E-state index in [1.807, 2.05) is 18.4 Å². The van der Waals surface area contributed by atoms with Crippen molar-refractivity contribution >= 4 is 5.82 Å². The van der Waals surface area contributed by atoms with E-state index in [0.717, 1.165) is 67.2 Å². The van der Waals surface area contributed by atoms with Crippen molar-refractivity contribution in [3.63, 3.8) is 0 Å². The highest BCUT2D eigenvalue weighted by Gasteiger charge is 3.10. The lowest BCUT2D eigenvalue weighted by Gasteiger charge is -3.11.